The third kappa shape index (κ3) is 4.50. The van der Waals surface area contributed by atoms with E-state index in [0.717, 1.165) is 25.5 Å². The fourth-order valence-corrected chi connectivity index (χ4v) is 2.58. The van der Waals surface area contributed by atoms with E-state index in [0.29, 0.717) is 12.2 Å². The van der Waals surface area contributed by atoms with Crippen LogP contribution < -0.4 is 10.1 Å². The molecule has 23 heavy (non-hydrogen) atoms. The Morgan fingerprint density at radius 1 is 1.22 bits per heavy atom. The Hall–Kier alpha value is -1.98. The van der Waals surface area contributed by atoms with Gasteiger partial charge in [-0.05, 0) is 25.0 Å². The van der Waals surface area contributed by atoms with Crippen LogP contribution in [0.5, 0.6) is 5.75 Å². The predicted octanol–water partition coefficient (Wildman–Crippen LogP) is 2.52. The van der Waals surface area contributed by atoms with Gasteiger partial charge in [0, 0.05) is 19.5 Å². The number of ether oxygens (including phenoxy) is 2. The van der Waals surface area contributed by atoms with Crippen molar-refractivity contribution in [2.75, 3.05) is 19.7 Å². The van der Waals surface area contributed by atoms with Crippen molar-refractivity contribution >= 4 is 0 Å². The van der Waals surface area contributed by atoms with Gasteiger partial charge in [0.15, 0.2) is 5.75 Å². The highest BCUT2D eigenvalue weighted by molar-refractivity contribution is 5.27. The fourth-order valence-electron chi connectivity index (χ4n) is 2.58. The zero-order chi connectivity index (χ0) is 16.1. The van der Waals surface area contributed by atoms with Crippen LogP contribution in [0.1, 0.15) is 36.9 Å². The number of aromatic nitrogens is 2. The van der Waals surface area contributed by atoms with E-state index in [1.807, 2.05) is 13.8 Å². The molecule has 0 spiro atoms. The van der Waals surface area contributed by atoms with Crippen LogP contribution in [-0.4, -0.2) is 35.8 Å². The van der Waals surface area contributed by atoms with Gasteiger partial charge in [-0.2, -0.15) is 0 Å². The quantitative estimate of drug-likeness (QED) is 0.919. The molecule has 1 aliphatic rings. The smallest absolute Gasteiger partial charge is 0.156 e. The van der Waals surface area contributed by atoms with Gasteiger partial charge >= 0.3 is 0 Å². The molecule has 2 aromatic rings. The van der Waals surface area contributed by atoms with Gasteiger partial charge in [-0.25, -0.2) is 9.97 Å². The zero-order valence-electron chi connectivity index (χ0n) is 13.7. The predicted molar refractivity (Wildman–Crippen MR) is 88.6 cm³/mol. The SMILES string of the molecule is CC(C)Oc1cnc(Cc2ccc([C@H]3CNCCO3)cc2)nc1. The molecule has 0 radical (unpaired) electrons. The number of nitrogens with one attached hydrogen (secondary N) is 1. The van der Waals surface area contributed by atoms with Gasteiger partial charge in [0.25, 0.3) is 0 Å². The average Bonchev–Trinajstić information content (AvgIpc) is 2.58. The third-order valence-electron chi connectivity index (χ3n) is 3.69. The van der Waals surface area contributed by atoms with E-state index in [4.69, 9.17) is 9.47 Å². The zero-order valence-corrected chi connectivity index (χ0v) is 13.7. The minimum Gasteiger partial charge on any atom is -0.488 e. The lowest BCUT2D eigenvalue weighted by atomic mass is 10.0. The minimum absolute atomic E-state index is 0.133. The second-order valence-corrected chi connectivity index (χ2v) is 5.98. The molecular weight excluding hydrogens is 290 g/mol. The van der Waals surface area contributed by atoms with Crippen LogP contribution in [-0.2, 0) is 11.2 Å². The van der Waals surface area contributed by atoms with Gasteiger partial charge < -0.3 is 14.8 Å². The standard InChI is InChI=1S/C18H23N3O2/c1-13(2)23-16-10-20-18(21-11-16)9-14-3-5-15(6-4-14)17-12-19-7-8-22-17/h3-6,10-11,13,17,19H,7-9,12H2,1-2H3/t17-/m1/s1. The Morgan fingerprint density at radius 3 is 2.57 bits per heavy atom. The van der Waals surface area contributed by atoms with Crippen molar-refractivity contribution in [3.05, 3.63) is 53.6 Å². The Labute approximate surface area is 137 Å². The lowest BCUT2D eigenvalue weighted by Gasteiger charge is -2.24. The molecule has 0 aliphatic carbocycles. The van der Waals surface area contributed by atoms with Crippen molar-refractivity contribution in [2.24, 2.45) is 0 Å². The number of hydrogen-bond donors (Lipinski definition) is 1. The molecule has 1 saturated heterocycles. The van der Waals surface area contributed by atoms with Gasteiger partial charge in [0.2, 0.25) is 0 Å². The van der Waals surface area contributed by atoms with Crippen molar-refractivity contribution in [2.45, 2.75) is 32.5 Å². The molecule has 0 amide bonds. The van der Waals surface area contributed by atoms with Crippen LogP contribution in [0, 0.1) is 0 Å². The maximum atomic E-state index is 5.77. The molecule has 0 saturated carbocycles. The molecule has 5 nitrogen and oxygen atoms in total. The van der Waals surface area contributed by atoms with Gasteiger partial charge in [0.05, 0.1) is 31.2 Å². The minimum atomic E-state index is 0.133. The molecule has 0 bridgehead atoms. The summed E-state index contributed by atoms with van der Waals surface area (Å²) in [4.78, 5) is 8.74. The van der Waals surface area contributed by atoms with Crippen LogP contribution >= 0.6 is 0 Å². The average molecular weight is 313 g/mol. The Kier molecular flexibility index (Phi) is 5.20. The maximum absolute atomic E-state index is 5.77. The second-order valence-electron chi connectivity index (χ2n) is 5.98. The van der Waals surface area contributed by atoms with E-state index in [-0.39, 0.29) is 12.2 Å². The van der Waals surface area contributed by atoms with Gasteiger partial charge in [-0.15, -0.1) is 0 Å². The number of rotatable bonds is 5. The summed E-state index contributed by atoms with van der Waals surface area (Å²) in [5.41, 5.74) is 2.40. The highest BCUT2D eigenvalue weighted by Gasteiger charge is 2.15. The first-order valence-corrected chi connectivity index (χ1v) is 8.09. The van der Waals surface area contributed by atoms with Gasteiger partial charge in [0.1, 0.15) is 5.82 Å². The van der Waals surface area contributed by atoms with Crippen molar-refractivity contribution < 1.29 is 9.47 Å². The molecule has 1 atom stereocenters. The Bertz CT molecular complexity index is 605. The monoisotopic (exact) mass is 313 g/mol. The van der Waals surface area contributed by atoms with Crippen LogP contribution in [0.2, 0.25) is 0 Å². The Balaban J connectivity index is 1.61. The summed E-state index contributed by atoms with van der Waals surface area (Å²) in [5, 5.41) is 3.35. The molecule has 1 fully saturated rings. The number of hydrogen-bond acceptors (Lipinski definition) is 5. The lowest BCUT2D eigenvalue weighted by Crippen LogP contribution is -2.33. The number of benzene rings is 1. The molecule has 0 unspecified atom stereocenters. The number of nitrogens with zero attached hydrogens (tertiary/aromatic N) is 2. The topological polar surface area (TPSA) is 56.3 Å². The highest BCUT2D eigenvalue weighted by atomic mass is 16.5. The van der Waals surface area contributed by atoms with Crippen molar-refractivity contribution in [3.63, 3.8) is 0 Å². The van der Waals surface area contributed by atoms with E-state index >= 15 is 0 Å². The van der Waals surface area contributed by atoms with Crippen LogP contribution in [0.4, 0.5) is 0 Å². The molecule has 1 N–H and O–H groups in total. The van der Waals surface area contributed by atoms with E-state index in [9.17, 15) is 0 Å². The second kappa shape index (κ2) is 7.53. The molecule has 1 aliphatic heterocycles. The summed E-state index contributed by atoms with van der Waals surface area (Å²) in [6.07, 6.45) is 4.47. The number of morpholine rings is 1. The van der Waals surface area contributed by atoms with Crippen molar-refractivity contribution in [1.29, 1.82) is 0 Å². The summed E-state index contributed by atoms with van der Waals surface area (Å²) in [7, 11) is 0. The summed E-state index contributed by atoms with van der Waals surface area (Å²) in [5.74, 6) is 1.51. The molecule has 1 aromatic heterocycles. The van der Waals surface area contributed by atoms with Crippen LogP contribution in [0.15, 0.2) is 36.7 Å². The third-order valence-corrected chi connectivity index (χ3v) is 3.69. The summed E-state index contributed by atoms with van der Waals surface area (Å²) in [6, 6.07) is 8.50. The van der Waals surface area contributed by atoms with Gasteiger partial charge in [-0.3, -0.25) is 0 Å². The first kappa shape index (κ1) is 15.9. The van der Waals surface area contributed by atoms with Crippen LogP contribution in [0.25, 0.3) is 0 Å². The maximum Gasteiger partial charge on any atom is 0.156 e. The molecule has 122 valence electrons. The molecule has 3 rings (SSSR count). The van der Waals surface area contributed by atoms with Crippen LogP contribution in [0.3, 0.4) is 0 Å². The molecule has 2 heterocycles. The van der Waals surface area contributed by atoms with Gasteiger partial charge in [-0.1, -0.05) is 24.3 Å². The summed E-state index contributed by atoms with van der Waals surface area (Å²) in [6.45, 7) is 6.55. The van der Waals surface area contributed by atoms with Crippen molar-refractivity contribution in [3.8, 4) is 5.75 Å². The first-order valence-electron chi connectivity index (χ1n) is 8.09. The highest BCUT2D eigenvalue weighted by Crippen LogP contribution is 2.20. The van der Waals surface area contributed by atoms with Crippen molar-refractivity contribution in [1.82, 2.24) is 15.3 Å². The van der Waals surface area contributed by atoms with E-state index < -0.39 is 0 Å². The van der Waals surface area contributed by atoms with E-state index in [1.165, 1.54) is 11.1 Å². The molecule has 5 heteroatoms. The summed E-state index contributed by atoms with van der Waals surface area (Å²) >= 11 is 0. The fraction of sp³-hybridized carbons (Fsp3) is 0.444. The largest absolute Gasteiger partial charge is 0.488 e. The van der Waals surface area contributed by atoms with E-state index in [1.54, 1.807) is 12.4 Å². The normalized spacial score (nSPS) is 18.1. The molecule has 1 aromatic carbocycles. The summed E-state index contributed by atoms with van der Waals surface area (Å²) < 4.78 is 11.3. The van der Waals surface area contributed by atoms with E-state index in [2.05, 4.69) is 39.6 Å². The molecular formula is C18H23N3O2. The lowest BCUT2D eigenvalue weighted by molar-refractivity contribution is 0.0277. The first-order chi connectivity index (χ1) is 11.2. The Morgan fingerprint density at radius 2 is 1.96 bits per heavy atom.